The second kappa shape index (κ2) is 65.3. The number of rotatable bonds is 68. The van der Waals surface area contributed by atoms with E-state index in [9.17, 15) is 0 Å². The predicted octanol–water partition coefficient (Wildman–Crippen LogP) is 22.7. The minimum atomic E-state index is 1.27. The molecular formula is C74H153N5. The number of hydrogen-bond donors (Lipinski definition) is 0. The van der Waals surface area contributed by atoms with E-state index < -0.39 is 0 Å². The van der Waals surface area contributed by atoms with Gasteiger partial charge < -0.3 is 14.7 Å². The molecule has 1 heterocycles. The van der Waals surface area contributed by atoms with Crippen molar-refractivity contribution in [2.45, 2.75) is 381 Å². The molecule has 0 aromatic heterocycles. The summed E-state index contributed by atoms with van der Waals surface area (Å²) in [4.78, 5) is 14.5. The molecule has 0 N–H and O–H groups in total. The van der Waals surface area contributed by atoms with Crippen molar-refractivity contribution in [3.05, 3.63) is 0 Å². The molecule has 0 amide bonds. The summed E-state index contributed by atoms with van der Waals surface area (Å²) in [6.45, 7) is 31.1. The van der Waals surface area contributed by atoms with E-state index in [4.69, 9.17) is 0 Å². The van der Waals surface area contributed by atoms with Gasteiger partial charge in [-0.1, -0.05) is 349 Å². The fourth-order valence-electron chi connectivity index (χ4n) is 12.9. The van der Waals surface area contributed by atoms with Crippen LogP contribution in [0.2, 0.25) is 0 Å². The van der Waals surface area contributed by atoms with Crippen molar-refractivity contribution in [2.24, 2.45) is 0 Å². The number of piperazine rings is 1. The highest BCUT2D eigenvalue weighted by atomic mass is 15.3. The van der Waals surface area contributed by atoms with Crippen LogP contribution in [-0.4, -0.2) is 123 Å². The summed E-state index contributed by atoms with van der Waals surface area (Å²) in [5.74, 6) is 0. The molecule has 0 aromatic rings. The lowest BCUT2D eigenvalue weighted by atomic mass is 10.0. The van der Waals surface area contributed by atoms with Gasteiger partial charge in [0.25, 0.3) is 0 Å². The first-order valence-electron chi connectivity index (χ1n) is 37.8. The van der Waals surface area contributed by atoms with Crippen LogP contribution in [0.1, 0.15) is 381 Å². The topological polar surface area (TPSA) is 16.2 Å². The van der Waals surface area contributed by atoms with Gasteiger partial charge in [0.05, 0.1) is 0 Å². The zero-order chi connectivity index (χ0) is 56.7. The van der Waals surface area contributed by atoms with Crippen LogP contribution in [-0.2, 0) is 0 Å². The first-order valence-corrected chi connectivity index (χ1v) is 37.8. The van der Waals surface area contributed by atoms with E-state index in [-0.39, 0.29) is 0 Å². The van der Waals surface area contributed by atoms with Crippen molar-refractivity contribution in [1.29, 1.82) is 0 Å². The molecule has 0 saturated carbocycles. The van der Waals surface area contributed by atoms with Crippen molar-refractivity contribution in [1.82, 2.24) is 24.5 Å². The Morgan fingerprint density at radius 1 is 0.165 bits per heavy atom. The van der Waals surface area contributed by atoms with Crippen molar-refractivity contribution < 1.29 is 0 Å². The normalized spacial score (nSPS) is 13.7. The van der Waals surface area contributed by atoms with Crippen LogP contribution in [0, 0.1) is 0 Å². The van der Waals surface area contributed by atoms with Crippen LogP contribution >= 0.6 is 0 Å². The third-order valence-corrected chi connectivity index (χ3v) is 18.8. The molecule has 1 aliphatic heterocycles. The van der Waals surface area contributed by atoms with Crippen molar-refractivity contribution in [3.63, 3.8) is 0 Å². The van der Waals surface area contributed by atoms with Gasteiger partial charge in [-0.25, -0.2) is 0 Å². The summed E-state index contributed by atoms with van der Waals surface area (Å²) in [7, 11) is 0. The summed E-state index contributed by atoms with van der Waals surface area (Å²) in [6, 6.07) is 0. The largest absolute Gasteiger partial charge is 0.302 e. The minimum absolute atomic E-state index is 1.27. The van der Waals surface area contributed by atoms with E-state index in [1.807, 2.05) is 0 Å². The molecule has 1 fully saturated rings. The van der Waals surface area contributed by atoms with Crippen LogP contribution < -0.4 is 0 Å². The molecule has 5 nitrogen and oxygen atoms in total. The van der Waals surface area contributed by atoms with E-state index in [2.05, 4.69) is 59.1 Å². The first kappa shape index (κ1) is 76.8. The average Bonchev–Trinajstić information content (AvgIpc) is 3.46. The second-order valence-corrected chi connectivity index (χ2v) is 26.5. The summed E-state index contributed by atoms with van der Waals surface area (Å²) >= 11 is 0. The van der Waals surface area contributed by atoms with Gasteiger partial charge in [0.2, 0.25) is 0 Å². The molecule has 0 unspecified atom stereocenters. The summed E-state index contributed by atoms with van der Waals surface area (Å²) < 4.78 is 0. The lowest BCUT2D eigenvalue weighted by Gasteiger charge is -2.37. The smallest absolute Gasteiger partial charge is 0.0110 e. The lowest BCUT2D eigenvalue weighted by Crippen LogP contribution is -2.50. The zero-order valence-electron chi connectivity index (χ0n) is 56.0. The van der Waals surface area contributed by atoms with Gasteiger partial charge in [0, 0.05) is 65.4 Å². The summed E-state index contributed by atoms with van der Waals surface area (Å²) in [5, 5.41) is 0. The van der Waals surface area contributed by atoms with Crippen molar-refractivity contribution >= 4 is 0 Å². The standard InChI is InChI=1S/C74H153N5/c1-6-11-16-21-26-31-36-38-43-47-52-57-62-76(63-58-53-48-44-39-37-32-27-22-17-12-7-2)66-69-78-71-73-79(74-72-78)70-68-77(64-59-54-49-42-35-30-25-20-15-10-5)67-65-75(60-55-50-45-40-33-28-23-18-13-8-3)61-56-51-46-41-34-29-24-19-14-9-4/h6-74H2,1-5H3. The zero-order valence-corrected chi connectivity index (χ0v) is 56.0. The Kier molecular flexibility index (Phi) is 63.5. The molecule has 0 spiro atoms. The first-order chi connectivity index (χ1) is 39.2. The fraction of sp³-hybridized carbons (Fsp3) is 1.00. The monoisotopic (exact) mass is 1110 g/mol. The molecule has 1 aliphatic rings. The molecule has 79 heavy (non-hydrogen) atoms. The lowest BCUT2D eigenvalue weighted by molar-refractivity contribution is 0.104. The van der Waals surface area contributed by atoms with Gasteiger partial charge in [-0.15, -0.1) is 0 Å². The van der Waals surface area contributed by atoms with Gasteiger partial charge >= 0.3 is 0 Å². The molecule has 0 radical (unpaired) electrons. The summed E-state index contributed by atoms with van der Waals surface area (Å²) in [6.07, 6.45) is 77.9. The number of hydrogen-bond acceptors (Lipinski definition) is 5. The van der Waals surface area contributed by atoms with Crippen LogP contribution in [0.5, 0.6) is 0 Å². The average molecular weight is 1110 g/mol. The van der Waals surface area contributed by atoms with Crippen LogP contribution in [0.3, 0.4) is 0 Å². The molecule has 0 bridgehead atoms. The second-order valence-electron chi connectivity index (χ2n) is 26.5. The Balaban J connectivity index is 2.72. The van der Waals surface area contributed by atoms with Gasteiger partial charge in [-0.3, -0.25) is 9.80 Å². The molecule has 1 saturated heterocycles. The SMILES string of the molecule is CCCCCCCCCCCCCCN(CCCCCCCCCCCCCC)CCN1CCN(CCN(CCCCCCCCCCCC)CCN(CCCCCCCCCCCC)CCCCCCCCCCCC)CC1. The Morgan fingerprint density at radius 3 is 0.481 bits per heavy atom. The molecule has 474 valence electrons. The molecule has 0 aliphatic carbocycles. The van der Waals surface area contributed by atoms with Gasteiger partial charge in [-0.2, -0.15) is 0 Å². The Morgan fingerprint density at radius 2 is 0.304 bits per heavy atom. The van der Waals surface area contributed by atoms with Crippen molar-refractivity contribution in [2.75, 3.05) is 98.2 Å². The van der Waals surface area contributed by atoms with Gasteiger partial charge in [-0.05, 0) is 64.8 Å². The Hall–Kier alpha value is -0.200. The Labute approximate surface area is 501 Å². The number of unbranched alkanes of at least 4 members (excludes halogenated alkanes) is 49. The van der Waals surface area contributed by atoms with Gasteiger partial charge in [0.15, 0.2) is 0 Å². The maximum absolute atomic E-state index is 2.93. The number of nitrogens with zero attached hydrogens (tertiary/aromatic N) is 5. The van der Waals surface area contributed by atoms with Gasteiger partial charge in [0.1, 0.15) is 0 Å². The predicted molar refractivity (Wildman–Crippen MR) is 360 cm³/mol. The van der Waals surface area contributed by atoms with E-state index in [1.54, 1.807) is 0 Å². The quantitative estimate of drug-likeness (QED) is 0.0563. The highest BCUT2D eigenvalue weighted by molar-refractivity contribution is 4.76. The van der Waals surface area contributed by atoms with E-state index in [0.717, 1.165) is 0 Å². The molecule has 0 atom stereocenters. The third-order valence-electron chi connectivity index (χ3n) is 18.8. The Bertz CT molecular complexity index is 1040. The van der Waals surface area contributed by atoms with Crippen LogP contribution in [0.25, 0.3) is 0 Å². The van der Waals surface area contributed by atoms with Crippen LogP contribution in [0.15, 0.2) is 0 Å². The highest BCUT2D eigenvalue weighted by Gasteiger charge is 2.19. The molecule has 5 heteroatoms. The van der Waals surface area contributed by atoms with Crippen LogP contribution in [0.4, 0.5) is 0 Å². The third kappa shape index (κ3) is 56.7. The highest BCUT2D eigenvalue weighted by Crippen LogP contribution is 2.18. The van der Waals surface area contributed by atoms with E-state index in [1.165, 1.54) is 445 Å². The molecular weight excluding hydrogens is 959 g/mol. The summed E-state index contributed by atoms with van der Waals surface area (Å²) in [5.41, 5.74) is 0. The minimum Gasteiger partial charge on any atom is -0.302 e. The fourth-order valence-corrected chi connectivity index (χ4v) is 12.9. The molecule has 1 rings (SSSR count). The van der Waals surface area contributed by atoms with E-state index in [0.29, 0.717) is 0 Å². The van der Waals surface area contributed by atoms with Crippen molar-refractivity contribution in [3.8, 4) is 0 Å². The molecule has 0 aromatic carbocycles. The maximum atomic E-state index is 2.93. The maximum Gasteiger partial charge on any atom is 0.0110 e. The van der Waals surface area contributed by atoms with E-state index >= 15 is 0 Å².